The van der Waals surface area contributed by atoms with Crippen LogP contribution in [0.2, 0.25) is 0 Å². The van der Waals surface area contributed by atoms with Crippen LogP contribution in [0.25, 0.3) is 0 Å². The first-order valence-electron chi connectivity index (χ1n) is 8.19. The zero-order valence-corrected chi connectivity index (χ0v) is 12.9. The van der Waals surface area contributed by atoms with Gasteiger partial charge in [0.15, 0.2) is 0 Å². The number of carbonyl (C=O) groups is 1. The molecule has 2 aliphatic rings. The molecule has 3 nitrogen and oxygen atoms in total. The summed E-state index contributed by atoms with van der Waals surface area (Å²) in [5.41, 5.74) is 3.84. The molecule has 1 aliphatic heterocycles. The van der Waals surface area contributed by atoms with Gasteiger partial charge in [0.1, 0.15) is 0 Å². The van der Waals surface area contributed by atoms with E-state index in [0.717, 1.165) is 32.4 Å². The van der Waals surface area contributed by atoms with Crippen LogP contribution in [0.15, 0.2) is 18.2 Å². The SMILES string of the molecule is CCCC1(C(=O)O)CCN(Cc2ccc3c(c2)CCC3)C1. The standard InChI is InChI=1S/C18H25NO2/c1-2-8-18(17(20)21)9-10-19(13-18)12-14-6-7-15-4-3-5-16(15)11-14/h6-7,11H,2-5,8-10,12-13H2,1H3,(H,20,21). The molecule has 1 unspecified atom stereocenters. The van der Waals surface area contributed by atoms with Crippen LogP contribution in [0.4, 0.5) is 0 Å². The fourth-order valence-electron chi connectivity index (χ4n) is 4.04. The quantitative estimate of drug-likeness (QED) is 0.903. The Labute approximate surface area is 127 Å². The molecule has 1 heterocycles. The molecule has 21 heavy (non-hydrogen) atoms. The third kappa shape index (κ3) is 2.84. The maximum Gasteiger partial charge on any atom is 0.310 e. The first-order chi connectivity index (χ1) is 10.1. The Bertz CT molecular complexity index is 540. The Morgan fingerprint density at radius 3 is 2.90 bits per heavy atom. The summed E-state index contributed by atoms with van der Waals surface area (Å²) >= 11 is 0. The molecular formula is C18H25NO2. The highest BCUT2D eigenvalue weighted by Gasteiger charge is 2.43. The van der Waals surface area contributed by atoms with Gasteiger partial charge in [0, 0.05) is 13.1 Å². The number of likely N-dealkylation sites (tertiary alicyclic amines) is 1. The zero-order valence-electron chi connectivity index (χ0n) is 12.9. The number of carboxylic acids is 1. The molecule has 1 aliphatic carbocycles. The van der Waals surface area contributed by atoms with Crippen LogP contribution < -0.4 is 0 Å². The van der Waals surface area contributed by atoms with Crippen molar-refractivity contribution in [2.45, 2.75) is 52.0 Å². The number of fused-ring (bicyclic) bond motifs is 1. The molecule has 0 bridgehead atoms. The van der Waals surface area contributed by atoms with Crippen LogP contribution in [-0.2, 0) is 24.2 Å². The van der Waals surface area contributed by atoms with Crippen molar-refractivity contribution in [2.24, 2.45) is 5.41 Å². The number of aryl methyl sites for hydroxylation is 2. The smallest absolute Gasteiger partial charge is 0.310 e. The van der Waals surface area contributed by atoms with E-state index in [1.807, 2.05) is 0 Å². The highest BCUT2D eigenvalue weighted by molar-refractivity contribution is 5.75. The summed E-state index contributed by atoms with van der Waals surface area (Å²) in [4.78, 5) is 14.0. The van der Waals surface area contributed by atoms with E-state index in [9.17, 15) is 9.90 Å². The van der Waals surface area contributed by atoms with Crippen LogP contribution in [-0.4, -0.2) is 29.1 Å². The minimum Gasteiger partial charge on any atom is -0.481 e. The summed E-state index contributed by atoms with van der Waals surface area (Å²) in [6.45, 7) is 4.58. The Kier molecular flexibility index (Phi) is 4.03. The molecule has 1 aromatic carbocycles. The van der Waals surface area contributed by atoms with E-state index in [0.29, 0.717) is 6.54 Å². The highest BCUT2D eigenvalue weighted by atomic mass is 16.4. The van der Waals surface area contributed by atoms with E-state index < -0.39 is 11.4 Å². The van der Waals surface area contributed by atoms with Crippen LogP contribution in [0.1, 0.15) is 49.3 Å². The molecule has 1 aromatic rings. The van der Waals surface area contributed by atoms with E-state index in [1.54, 1.807) is 0 Å². The molecule has 1 N–H and O–H groups in total. The molecule has 0 amide bonds. The van der Waals surface area contributed by atoms with Gasteiger partial charge in [-0.2, -0.15) is 0 Å². The van der Waals surface area contributed by atoms with Gasteiger partial charge in [0.25, 0.3) is 0 Å². The zero-order chi connectivity index (χ0) is 14.9. The lowest BCUT2D eigenvalue weighted by Gasteiger charge is -2.24. The van der Waals surface area contributed by atoms with Crippen LogP contribution in [0, 0.1) is 5.41 Å². The third-order valence-electron chi connectivity index (χ3n) is 5.18. The summed E-state index contributed by atoms with van der Waals surface area (Å²) in [7, 11) is 0. The lowest BCUT2D eigenvalue weighted by atomic mass is 9.83. The Morgan fingerprint density at radius 2 is 2.14 bits per heavy atom. The van der Waals surface area contributed by atoms with Crippen molar-refractivity contribution < 1.29 is 9.90 Å². The van der Waals surface area contributed by atoms with Crippen LogP contribution in [0.3, 0.4) is 0 Å². The van der Waals surface area contributed by atoms with Gasteiger partial charge in [-0.3, -0.25) is 9.69 Å². The van der Waals surface area contributed by atoms with E-state index in [-0.39, 0.29) is 0 Å². The predicted octanol–water partition coefficient (Wildman–Crippen LogP) is 3.25. The van der Waals surface area contributed by atoms with E-state index in [4.69, 9.17) is 0 Å². The van der Waals surface area contributed by atoms with Crippen molar-refractivity contribution in [2.75, 3.05) is 13.1 Å². The van der Waals surface area contributed by atoms with Gasteiger partial charge in [-0.05, 0) is 55.3 Å². The average molecular weight is 287 g/mol. The Morgan fingerprint density at radius 1 is 1.33 bits per heavy atom. The fourth-order valence-corrected chi connectivity index (χ4v) is 4.04. The molecule has 1 fully saturated rings. The fraction of sp³-hybridized carbons (Fsp3) is 0.611. The molecular weight excluding hydrogens is 262 g/mol. The number of carboxylic acid groups (broad SMARTS) is 1. The minimum absolute atomic E-state index is 0.508. The second-order valence-electron chi connectivity index (χ2n) is 6.75. The van der Waals surface area contributed by atoms with Gasteiger partial charge in [0.05, 0.1) is 5.41 Å². The molecule has 1 saturated heterocycles. The monoisotopic (exact) mass is 287 g/mol. The lowest BCUT2D eigenvalue weighted by molar-refractivity contribution is -0.148. The van der Waals surface area contributed by atoms with Gasteiger partial charge < -0.3 is 5.11 Å². The van der Waals surface area contributed by atoms with Crippen molar-refractivity contribution in [3.63, 3.8) is 0 Å². The number of hydrogen-bond donors (Lipinski definition) is 1. The highest BCUT2D eigenvalue weighted by Crippen LogP contribution is 2.36. The number of aliphatic carboxylic acids is 1. The molecule has 1 atom stereocenters. The number of benzene rings is 1. The van der Waals surface area contributed by atoms with E-state index in [1.165, 1.54) is 36.0 Å². The first kappa shape index (κ1) is 14.6. The maximum absolute atomic E-state index is 11.6. The van der Waals surface area contributed by atoms with Gasteiger partial charge in [-0.15, -0.1) is 0 Å². The van der Waals surface area contributed by atoms with Crippen molar-refractivity contribution in [3.8, 4) is 0 Å². The van der Waals surface area contributed by atoms with Crippen LogP contribution in [0.5, 0.6) is 0 Å². The number of nitrogens with zero attached hydrogens (tertiary/aromatic N) is 1. The van der Waals surface area contributed by atoms with E-state index >= 15 is 0 Å². The Balaban J connectivity index is 1.68. The molecule has 0 aromatic heterocycles. The van der Waals surface area contributed by atoms with Gasteiger partial charge in [-0.25, -0.2) is 0 Å². The molecule has 0 radical (unpaired) electrons. The number of hydrogen-bond acceptors (Lipinski definition) is 2. The summed E-state index contributed by atoms with van der Waals surface area (Å²) < 4.78 is 0. The molecule has 0 saturated carbocycles. The first-order valence-corrected chi connectivity index (χ1v) is 8.19. The largest absolute Gasteiger partial charge is 0.481 e. The summed E-state index contributed by atoms with van der Waals surface area (Å²) in [5.74, 6) is -0.610. The summed E-state index contributed by atoms with van der Waals surface area (Å²) in [6.07, 6.45) is 6.24. The molecule has 3 heteroatoms. The van der Waals surface area contributed by atoms with Gasteiger partial charge >= 0.3 is 5.97 Å². The predicted molar refractivity (Wildman–Crippen MR) is 83.3 cm³/mol. The topological polar surface area (TPSA) is 40.5 Å². The lowest BCUT2D eigenvalue weighted by Crippen LogP contribution is -2.34. The van der Waals surface area contributed by atoms with E-state index in [2.05, 4.69) is 30.0 Å². The number of rotatable bonds is 5. The summed E-state index contributed by atoms with van der Waals surface area (Å²) in [6, 6.07) is 6.83. The minimum atomic E-state index is -0.610. The van der Waals surface area contributed by atoms with Crippen molar-refractivity contribution in [3.05, 3.63) is 34.9 Å². The molecule has 3 rings (SSSR count). The molecule has 114 valence electrons. The average Bonchev–Trinajstić information content (AvgIpc) is 3.06. The summed E-state index contributed by atoms with van der Waals surface area (Å²) in [5, 5.41) is 9.58. The van der Waals surface area contributed by atoms with Crippen molar-refractivity contribution in [1.82, 2.24) is 4.90 Å². The normalized spacial score (nSPS) is 25.2. The third-order valence-corrected chi connectivity index (χ3v) is 5.18. The second-order valence-corrected chi connectivity index (χ2v) is 6.75. The van der Waals surface area contributed by atoms with Crippen molar-refractivity contribution in [1.29, 1.82) is 0 Å². The molecule has 0 spiro atoms. The van der Waals surface area contributed by atoms with Gasteiger partial charge in [0.2, 0.25) is 0 Å². The maximum atomic E-state index is 11.6. The Hall–Kier alpha value is -1.35. The second kappa shape index (κ2) is 5.80. The van der Waals surface area contributed by atoms with Crippen molar-refractivity contribution >= 4 is 5.97 Å². The van der Waals surface area contributed by atoms with Gasteiger partial charge in [-0.1, -0.05) is 31.5 Å². The van der Waals surface area contributed by atoms with Crippen LogP contribution >= 0.6 is 0 Å².